The number of hydrogen-bond donors (Lipinski definition) is 0. The number of fused-ring (bicyclic) bond motifs is 1. The highest BCUT2D eigenvalue weighted by Gasteiger charge is 2.11. The van der Waals surface area contributed by atoms with Crippen molar-refractivity contribution in [2.75, 3.05) is 0 Å². The second kappa shape index (κ2) is 7.13. The summed E-state index contributed by atoms with van der Waals surface area (Å²) in [7, 11) is 0. The first kappa shape index (κ1) is 16.5. The number of benzene rings is 4. The third-order valence-corrected chi connectivity index (χ3v) is 5.07. The maximum absolute atomic E-state index is 5.00. The Morgan fingerprint density at radius 3 is 1.68 bits per heavy atom. The quantitative estimate of drug-likeness (QED) is 0.332. The normalized spacial score (nSPS) is 10.9. The Balaban J connectivity index is 1.67. The third-order valence-electron chi connectivity index (χ3n) is 5.07. The van der Waals surface area contributed by atoms with E-state index in [0.29, 0.717) is 0 Å². The van der Waals surface area contributed by atoms with E-state index in [2.05, 4.69) is 97.1 Å². The van der Waals surface area contributed by atoms with Crippen molar-refractivity contribution in [2.24, 2.45) is 0 Å². The highest BCUT2D eigenvalue weighted by atomic mass is 14.7. The molecule has 1 nitrogen and oxygen atoms in total. The summed E-state index contributed by atoms with van der Waals surface area (Å²) in [6, 6.07) is 40.2. The average molecular weight is 357 g/mol. The minimum absolute atomic E-state index is 1.02. The smallest absolute Gasteiger partial charge is 0.0788 e. The van der Waals surface area contributed by atoms with E-state index in [-0.39, 0.29) is 0 Å². The molecule has 0 saturated carbocycles. The monoisotopic (exact) mass is 357 g/mol. The zero-order valence-corrected chi connectivity index (χ0v) is 15.4. The molecule has 0 unspecified atom stereocenters. The molecule has 0 fully saturated rings. The van der Waals surface area contributed by atoms with Gasteiger partial charge in [-0.15, -0.1) is 0 Å². The van der Waals surface area contributed by atoms with Gasteiger partial charge < -0.3 is 0 Å². The molecule has 0 atom stereocenters. The van der Waals surface area contributed by atoms with Gasteiger partial charge in [-0.05, 0) is 28.8 Å². The van der Waals surface area contributed by atoms with Crippen LogP contribution in [0.1, 0.15) is 0 Å². The fraction of sp³-hybridized carbons (Fsp3) is 0. The van der Waals surface area contributed by atoms with E-state index in [0.717, 1.165) is 27.7 Å². The van der Waals surface area contributed by atoms with Gasteiger partial charge in [-0.3, -0.25) is 0 Å². The van der Waals surface area contributed by atoms with Crippen LogP contribution in [0.4, 0.5) is 0 Å². The van der Waals surface area contributed by atoms with Gasteiger partial charge in [-0.25, -0.2) is 4.98 Å². The Morgan fingerprint density at radius 2 is 0.964 bits per heavy atom. The van der Waals surface area contributed by atoms with Gasteiger partial charge in [0, 0.05) is 16.5 Å². The molecule has 1 heteroatoms. The number of pyridine rings is 1. The van der Waals surface area contributed by atoms with Gasteiger partial charge in [-0.2, -0.15) is 0 Å². The van der Waals surface area contributed by atoms with Crippen molar-refractivity contribution < 1.29 is 0 Å². The van der Waals surface area contributed by atoms with E-state index < -0.39 is 0 Å². The predicted molar refractivity (Wildman–Crippen MR) is 118 cm³/mol. The van der Waals surface area contributed by atoms with Gasteiger partial charge >= 0.3 is 0 Å². The molecule has 1 aromatic heterocycles. The fourth-order valence-electron chi connectivity index (χ4n) is 3.62. The van der Waals surface area contributed by atoms with E-state index in [4.69, 9.17) is 4.98 Å². The van der Waals surface area contributed by atoms with Crippen molar-refractivity contribution in [3.05, 3.63) is 115 Å². The Morgan fingerprint density at radius 1 is 0.429 bits per heavy atom. The zero-order valence-electron chi connectivity index (χ0n) is 15.4. The summed E-state index contributed by atoms with van der Waals surface area (Å²) in [6.45, 7) is 0. The summed E-state index contributed by atoms with van der Waals surface area (Å²) in [5, 5.41) is 1.16. The first-order valence-electron chi connectivity index (χ1n) is 9.49. The minimum atomic E-state index is 1.02. The fourth-order valence-corrected chi connectivity index (χ4v) is 3.62. The lowest BCUT2D eigenvalue weighted by Gasteiger charge is -2.12. The van der Waals surface area contributed by atoms with Crippen LogP contribution in [0.5, 0.6) is 0 Å². The summed E-state index contributed by atoms with van der Waals surface area (Å²) < 4.78 is 0. The topological polar surface area (TPSA) is 12.9 Å². The Labute approximate surface area is 165 Å². The second-order valence-electron chi connectivity index (χ2n) is 6.89. The highest BCUT2D eigenvalue weighted by molar-refractivity contribution is 5.91. The predicted octanol–water partition coefficient (Wildman–Crippen LogP) is 7.24. The molecule has 0 aliphatic carbocycles. The van der Waals surface area contributed by atoms with Crippen LogP contribution in [-0.2, 0) is 0 Å². The van der Waals surface area contributed by atoms with Crippen LogP contribution < -0.4 is 0 Å². The van der Waals surface area contributed by atoms with Gasteiger partial charge in [-0.1, -0.05) is 103 Å². The molecular weight excluding hydrogens is 338 g/mol. The van der Waals surface area contributed by atoms with Crippen LogP contribution in [0.3, 0.4) is 0 Å². The Bertz CT molecular complexity index is 1220. The maximum Gasteiger partial charge on any atom is 0.0788 e. The minimum Gasteiger partial charge on any atom is -0.247 e. The van der Waals surface area contributed by atoms with Crippen molar-refractivity contribution in [2.45, 2.75) is 0 Å². The molecule has 0 spiro atoms. The highest BCUT2D eigenvalue weighted by Crippen LogP contribution is 2.34. The van der Waals surface area contributed by atoms with Crippen molar-refractivity contribution in [1.82, 2.24) is 4.98 Å². The van der Waals surface area contributed by atoms with Crippen molar-refractivity contribution in [3.8, 4) is 33.5 Å². The summed E-state index contributed by atoms with van der Waals surface area (Å²) >= 11 is 0. The first-order chi connectivity index (χ1) is 13.9. The van der Waals surface area contributed by atoms with E-state index in [9.17, 15) is 0 Å². The van der Waals surface area contributed by atoms with Crippen LogP contribution in [0.25, 0.3) is 44.4 Å². The average Bonchev–Trinajstić information content (AvgIpc) is 2.79. The summed E-state index contributed by atoms with van der Waals surface area (Å²) in [5.74, 6) is 0. The molecule has 4 aromatic carbocycles. The van der Waals surface area contributed by atoms with Crippen LogP contribution in [-0.4, -0.2) is 4.98 Å². The SMILES string of the molecule is c1ccc(-c2ccc(-c3cc4ccccc4nc3-c3ccccc3)cc2)cc1. The van der Waals surface area contributed by atoms with E-state index in [1.165, 1.54) is 16.7 Å². The Kier molecular flexibility index (Phi) is 4.19. The molecule has 0 bridgehead atoms. The largest absolute Gasteiger partial charge is 0.247 e. The number of hydrogen-bond acceptors (Lipinski definition) is 1. The van der Waals surface area contributed by atoms with Crippen LogP contribution in [0.15, 0.2) is 115 Å². The summed E-state index contributed by atoms with van der Waals surface area (Å²) in [6.07, 6.45) is 0. The van der Waals surface area contributed by atoms with Gasteiger partial charge in [0.1, 0.15) is 0 Å². The van der Waals surface area contributed by atoms with Crippen LogP contribution in [0, 0.1) is 0 Å². The van der Waals surface area contributed by atoms with Gasteiger partial charge in [0.15, 0.2) is 0 Å². The lowest BCUT2D eigenvalue weighted by molar-refractivity contribution is 1.39. The first-order valence-corrected chi connectivity index (χ1v) is 9.49. The third kappa shape index (κ3) is 3.08. The molecule has 5 aromatic rings. The Hall–Kier alpha value is -3.71. The number of aromatic nitrogens is 1. The molecule has 0 amide bonds. The van der Waals surface area contributed by atoms with Crippen LogP contribution >= 0.6 is 0 Å². The lowest BCUT2D eigenvalue weighted by atomic mass is 9.95. The second-order valence-corrected chi connectivity index (χ2v) is 6.89. The molecule has 0 aliphatic rings. The standard InChI is InChI=1S/C27H19N/c1-3-9-20(10-4-1)21-15-17-22(18-16-21)25-19-24-13-7-8-14-26(24)28-27(25)23-11-5-2-6-12-23/h1-19H. The van der Waals surface area contributed by atoms with Gasteiger partial charge in [0.25, 0.3) is 0 Å². The van der Waals surface area contributed by atoms with Gasteiger partial charge in [0.2, 0.25) is 0 Å². The molecule has 0 radical (unpaired) electrons. The molecule has 132 valence electrons. The van der Waals surface area contributed by atoms with Crippen molar-refractivity contribution in [3.63, 3.8) is 0 Å². The van der Waals surface area contributed by atoms with Crippen LogP contribution in [0.2, 0.25) is 0 Å². The van der Waals surface area contributed by atoms with E-state index in [1.54, 1.807) is 0 Å². The number of rotatable bonds is 3. The van der Waals surface area contributed by atoms with Crippen molar-refractivity contribution >= 4 is 10.9 Å². The summed E-state index contributed by atoms with van der Waals surface area (Å²) in [4.78, 5) is 5.00. The molecule has 1 heterocycles. The summed E-state index contributed by atoms with van der Waals surface area (Å²) in [5.41, 5.74) is 7.96. The molecular formula is C27H19N. The zero-order chi connectivity index (χ0) is 18.8. The molecule has 0 saturated heterocycles. The van der Waals surface area contributed by atoms with Crippen molar-refractivity contribution in [1.29, 1.82) is 0 Å². The lowest BCUT2D eigenvalue weighted by Crippen LogP contribution is -1.91. The molecule has 0 aliphatic heterocycles. The number of nitrogens with zero attached hydrogens (tertiary/aromatic N) is 1. The van der Waals surface area contributed by atoms with E-state index in [1.807, 2.05) is 18.2 Å². The molecule has 0 N–H and O–H groups in total. The molecule has 5 rings (SSSR count). The van der Waals surface area contributed by atoms with Gasteiger partial charge in [0.05, 0.1) is 11.2 Å². The maximum atomic E-state index is 5.00. The molecule has 28 heavy (non-hydrogen) atoms. The van der Waals surface area contributed by atoms with E-state index >= 15 is 0 Å². The number of para-hydroxylation sites is 1.